The van der Waals surface area contributed by atoms with Gasteiger partial charge in [0, 0.05) is 11.2 Å². The van der Waals surface area contributed by atoms with Crippen LogP contribution in [0.2, 0.25) is 0 Å². The van der Waals surface area contributed by atoms with Gasteiger partial charge in [-0.05, 0) is 51.8 Å². The number of nitrogens with zero attached hydrogens (tertiary/aromatic N) is 1. The first-order valence-corrected chi connectivity index (χ1v) is 8.56. The highest BCUT2D eigenvalue weighted by Crippen LogP contribution is 2.30. The van der Waals surface area contributed by atoms with Crippen LogP contribution < -0.4 is 5.32 Å². The largest absolute Gasteiger partial charge is 0.465 e. The normalized spacial score (nSPS) is 12.3. The average Bonchev–Trinajstić information content (AvgIpc) is 2.54. The molecule has 0 heterocycles. The summed E-state index contributed by atoms with van der Waals surface area (Å²) in [6.45, 7) is 9.24. The topological polar surface area (TPSA) is 69.6 Å². The number of anilines is 1. The van der Waals surface area contributed by atoms with E-state index in [1.54, 1.807) is 45.0 Å². The average molecular weight is 354 g/mol. The molecule has 26 heavy (non-hydrogen) atoms. The maximum Gasteiger partial charge on any atom is 0.408 e. The van der Waals surface area contributed by atoms with Crippen LogP contribution in [-0.4, -0.2) is 27.5 Å². The van der Waals surface area contributed by atoms with Crippen molar-refractivity contribution in [3.05, 3.63) is 65.2 Å². The zero-order valence-electron chi connectivity index (χ0n) is 15.9. The van der Waals surface area contributed by atoms with Crippen molar-refractivity contribution in [2.45, 2.75) is 46.2 Å². The van der Waals surface area contributed by atoms with Gasteiger partial charge >= 0.3 is 6.09 Å². The Balaban J connectivity index is 2.46. The Labute approximate surface area is 154 Å². The van der Waals surface area contributed by atoms with Crippen LogP contribution in [0.15, 0.2) is 48.5 Å². The fourth-order valence-electron chi connectivity index (χ4n) is 2.99. The number of hydrogen-bond donors (Lipinski definition) is 2. The number of aryl methyl sites for hydroxylation is 2. The van der Waals surface area contributed by atoms with Crippen LogP contribution in [0.5, 0.6) is 0 Å². The van der Waals surface area contributed by atoms with E-state index in [-0.39, 0.29) is 5.91 Å². The van der Waals surface area contributed by atoms with E-state index in [0.717, 1.165) is 11.1 Å². The molecule has 1 unspecified atom stereocenters. The first-order valence-electron chi connectivity index (χ1n) is 8.56. The van der Waals surface area contributed by atoms with Crippen molar-refractivity contribution in [3.8, 4) is 0 Å². The number of nitrogens with one attached hydrogen (secondary N) is 1. The van der Waals surface area contributed by atoms with Gasteiger partial charge in [0.05, 0.1) is 0 Å². The van der Waals surface area contributed by atoms with Crippen molar-refractivity contribution in [1.82, 2.24) is 4.90 Å². The van der Waals surface area contributed by atoms with Gasteiger partial charge < -0.3 is 10.4 Å². The molecule has 2 aromatic rings. The molecule has 0 saturated heterocycles. The number of benzene rings is 2. The lowest BCUT2D eigenvalue weighted by atomic mass is 9.97. The molecule has 0 fully saturated rings. The molecule has 5 nitrogen and oxygen atoms in total. The van der Waals surface area contributed by atoms with Crippen LogP contribution in [0.25, 0.3) is 0 Å². The molecular weight excluding hydrogens is 328 g/mol. The third kappa shape index (κ3) is 4.42. The Hall–Kier alpha value is -2.82. The van der Waals surface area contributed by atoms with Crippen molar-refractivity contribution in [2.24, 2.45) is 0 Å². The second kappa shape index (κ2) is 7.60. The Morgan fingerprint density at radius 1 is 1.04 bits per heavy atom. The zero-order chi connectivity index (χ0) is 19.5. The van der Waals surface area contributed by atoms with Gasteiger partial charge in [0.25, 0.3) is 5.91 Å². The molecule has 0 radical (unpaired) electrons. The van der Waals surface area contributed by atoms with Gasteiger partial charge in [-0.25, -0.2) is 4.79 Å². The number of hydrogen-bond acceptors (Lipinski definition) is 2. The lowest BCUT2D eigenvalue weighted by Crippen LogP contribution is -2.50. The summed E-state index contributed by atoms with van der Waals surface area (Å²) in [4.78, 5) is 26.3. The van der Waals surface area contributed by atoms with Crippen LogP contribution in [-0.2, 0) is 4.79 Å². The van der Waals surface area contributed by atoms with Crippen LogP contribution in [0, 0.1) is 13.8 Å². The fourth-order valence-corrected chi connectivity index (χ4v) is 2.99. The lowest BCUT2D eigenvalue weighted by molar-refractivity contribution is -0.122. The van der Waals surface area contributed by atoms with Crippen molar-refractivity contribution in [3.63, 3.8) is 0 Å². The minimum Gasteiger partial charge on any atom is -0.465 e. The summed E-state index contributed by atoms with van der Waals surface area (Å²) in [7, 11) is 0. The molecule has 0 aliphatic heterocycles. The molecule has 2 rings (SSSR count). The van der Waals surface area contributed by atoms with Crippen molar-refractivity contribution >= 4 is 17.7 Å². The van der Waals surface area contributed by atoms with Gasteiger partial charge in [-0.15, -0.1) is 0 Å². The van der Waals surface area contributed by atoms with Gasteiger partial charge in [0.1, 0.15) is 6.04 Å². The Morgan fingerprint density at radius 3 is 2.15 bits per heavy atom. The highest BCUT2D eigenvalue weighted by Gasteiger charge is 2.38. The highest BCUT2D eigenvalue weighted by atomic mass is 16.4. The summed E-state index contributed by atoms with van der Waals surface area (Å²) >= 11 is 0. The quantitative estimate of drug-likeness (QED) is 0.831. The number of carbonyl (C=O) groups excluding carboxylic acids is 1. The zero-order valence-corrected chi connectivity index (χ0v) is 15.9. The van der Waals surface area contributed by atoms with E-state index < -0.39 is 17.7 Å². The number of amides is 2. The first kappa shape index (κ1) is 19.5. The molecule has 0 aliphatic rings. The molecule has 2 N–H and O–H groups in total. The highest BCUT2D eigenvalue weighted by molar-refractivity contribution is 5.97. The summed E-state index contributed by atoms with van der Waals surface area (Å²) in [6.07, 6.45) is -1.14. The summed E-state index contributed by atoms with van der Waals surface area (Å²) in [5, 5.41) is 12.7. The third-order valence-electron chi connectivity index (χ3n) is 4.19. The second-order valence-electron chi connectivity index (χ2n) is 7.44. The predicted octanol–water partition coefficient (Wildman–Crippen LogP) is 4.76. The summed E-state index contributed by atoms with van der Waals surface area (Å²) in [5.74, 6) is -0.375. The molecule has 138 valence electrons. The molecular formula is C21H26N2O3. The second-order valence-corrected chi connectivity index (χ2v) is 7.44. The van der Waals surface area contributed by atoms with E-state index in [1.807, 2.05) is 38.1 Å². The van der Waals surface area contributed by atoms with Crippen LogP contribution in [0.3, 0.4) is 0 Å². The molecule has 0 bridgehead atoms. The molecule has 0 saturated carbocycles. The maximum atomic E-state index is 13.1. The number of carboxylic acid groups (broad SMARTS) is 1. The van der Waals surface area contributed by atoms with E-state index >= 15 is 0 Å². The molecule has 0 aliphatic carbocycles. The van der Waals surface area contributed by atoms with Gasteiger partial charge in [-0.3, -0.25) is 9.69 Å². The molecule has 0 aromatic heterocycles. The summed E-state index contributed by atoms with van der Waals surface area (Å²) in [6, 6.07) is 13.8. The molecule has 0 spiro atoms. The smallest absolute Gasteiger partial charge is 0.408 e. The molecule has 2 amide bonds. The van der Waals surface area contributed by atoms with Gasteiger partial charge in [0.2, 0.25) is 0 Å². The van der Waals surface area contributed by atoms with E-state index in [9.17, 15) is 14.7 Å². The third-order valence-corrected chi connectivity index (χ3v) is 4.19. The molecule has 2 aromatic carbocycles. The van der Waals surface area contributed by atoms with Crippen LogP contribution in [0.4, 0.5) is 10.5 Å². The molecule has 1 atom stereocenters. The number of rotatable bonds is 4. The van der Waals surface area contributed by atoms with Crippen molar-refractivity contribution < 1.29 is 14.7 Å². The minimum absolute atomic E-state index is 0.375. The Bertz CT molecular complexity index is 795. The van der Waals surface area contributed by atoms with Crippen molar-refractivity contribution in [2.75, 3.05) is 5.32 Å². The van der Waals surface area contributed by atoms with Crippen molar-refractivity contribution in [1.29, 1.82) is 0 Å². The van der Waals surface area contributed by atoms with Gasteiger partial charge in [-0.1, -0.05) is 48.0 Å². The van der Waals surface area contributed by atoms with E-state index in [1.165, 1.54) is 4.90 Å². The van der Waals surface area contributed by atoms with E-state index in [2.05, 4.69) is 5.32 Å². The fraction of sp³-hybridized carbons (Fsp3) is 0.333. The van der Waals surface area contributed by atoms with Crippen LogP contribution >= 0.6 is 0 Å². The Morgan fingerprint density at radius 2 is 1.65 bits per heavy atom. The van der Waals surface area contributed by atoms with E-state index in [4.69, 9.17) is 0 Å². The summed E-state index contributed by atoms with van der Waals surface area (Å²) in [5.41, 5.74) is 2.60. The summed E-state index contributed by atoms with van der Waals surface area (Å²) < 4.78 is 0. The SMILES string of the molecule is Cc1ccc(NC(=O)C(c2ccccc2)N(C(=O)O)C(C)(C)C)c(C)c1. The minimum atomic E-state index is -1.14. The first-order chi connectivity index (χ1) is 12.1. The number of carbonyl (C=O) groups is 2. The predicted molar refractivity (Wildman–Crippen MR) is 103 cm³/mol. The van der Waals surface area contributed by atoms with Gasteiger partial charge in [0.15, 0.2) is 0 Å². The molecule has 5 heteroatoms. The standard InChI is InChI=1S/C21H26N2O3/c1-14-11-12-17(15(2)13-14)22-19(24)18(16-9-7-6-8-10-16)23(20(25)26)21(3,4)5/h6-13,18H,1-5H3,(H,22,24)(H,25,26). The van der Waals surface area contributed by atoms with E-state index in [0.29, 0.717) is 11.3 Å². The lowest BCUT2D eigenvalue weighted by Gasteiger charge is -2.39. The van der Waals surface area contributed by atoms with Crippen LogP contribution in [0.1, 0.15) is 43.5 Å². The van der Waals surface area contributed by atoms with Gasteiger partial charge in [-0.2, -0.15) is 0 Å². The maximum absolute atomic E-state index is 13.1. The Kier molecular flexibility index (Phi) is 5.70. The monoisotopic (exact) mass is 354 g/mol.